The van der Waals surface area contributed by atoms with Gasteiger partial charge in [0.25, 0.3) is 5.91 Å². The number of anilines is 1. The van der Waals surface area contributed by atoms with E-state index in [1.54, 1.807) is 36.4 Å². The number of furan rings is 1. The predicted molar refractivity (Wildman–Crippen MR) is 102 cm³/mol. The van der Waals surface area contributed by atoms with Gasteiger partial charge in [0.1, 0.15) is 5.58 Å². The Hall–Kier alpha value is -3.63. The molecule has 7 nitrogen and oxygen atoms in total. The van der Waals surface area contributed by atoms with Crippen LogP contribution < -0.4 is 5.32 Å². The summed E-state index contributed by atoms with van der Waals surface area (Å²) in [6.45, 7) is 1.64. The second-order valence-corrected chi connectivity index (χ2v) is 6.06. The van der Waals surface area contributed by atoms with Crippen LogP contribution in [0.5, 0.6) is 0 Å². The summed E-state index contributed by atoms with van der Waals surface area (Å²) in [7, 11) is 1.52. The molecule has 7 heteroatoms. The monoisotopic (exact) mass is 378 g/mol. The highest BCUT2D eigenvalue weighted by Gasteiger charge is 2.25. The van der Waals surface area contributed by atoms with Crippen LogP contribution in [-0.4, -0.2) is 25.1 Å². The Bertz CT molecular complexity index is 1050. The summed E-state index contributed by atoms with van der Waals surface area (Å²) in [6.07, 6.45) is -1.05. The topological polar surface area (TPSA) is 102 Å². The number of fused-ring (bicyclic) bond motifs is 1. The minimum Gasteiger partial charge on any atom is -0.449 e. The molecule has 0 bridgehead atoms. The molecule has 1 atom stereocenters. The van der Waals surface area contributed by atoms with Gasteiger partial charge in [-0.15, -0.1) is 0 Å². The highest BCUT2D eigenvalue weighted by molar-refractivity contribution is 5.99. The van der Waals surface area contributed by atoms with Gasteiger partial charge in [-0.1, -0.05) is 18.2 Å². The molecule has 0 spiro atoms. The Kier molecular flexibility index (Phi) is 5.72. The first-order valence-corrected chi connectivity index (χ1v) is 8.55. The number of methoxy groups -OCH3 is 1. The number of para-hydroxylation sites is 1. The number of hydrogen-bond donors (Lipinski definition) is 1. The van der Waals surface area contributed by atoms with Crippen molar-refractivity contribution in [3.8, 4) is 6.07 Å². The zero-order valence-corrected chi connectivity index (χ0v) is 15.4. The van der Waals surface area contributed by atoms with Crippen molar-refractivity contribution in [1.29, 1.82) is 5.26 Å². The van der Waals surface area contributed by atoms with E-state index in [0.29, 0.717) is 22.4 Å². The van der Waals surface area contributed by atoms with Crippen LogP contribution in [0.15, 0.2) is 52.9 Å². The number of nitriles is 1. The van der Waals surface area contributed by atoms with Crippen LogP contribution in [0.3, 0.4) is 0 Å². The van der Waals surface area contributed by atoms with Gasteiger partial charge in [-0.05, 0) is 37.3 Å². The van der Waals surface area contributed by atoms with E-state index in [1.807, 2.05) is 18.2 Å². The average molecular weight is 378 g/mol. The summed E-state index contributed by atoms with van der Waals surface area (Å²) in [5.74, 6) is -1.23. The lowest BCUT2D eigenvalue weighted by Gasteiger charge is -2.13. The number of carbonyl (C=O) groups excluding carboxylic acids is 2. The maximum atomic E-state index is 12.6. The van der Waals surface area contributed by atoms with Gasteiger partial charge in [-0.3, -0.25) is 4.79 Å². The van der Waals surface area contributed by atoms with Gasteiger partial charge in [-0.2, -0.15) is 5.26 Å². The van der Waals surface area contributed by atoms with Gasteiger partial charge in [0.05, 0.1) is 18.2 Å². The first-order chi connectivity index (χ1) is 13.5. The molecule has 3 aromatic rings. The van der Waals surface area contributed by atoms with Crippen molar-refractivity contribution < 1.29 is 23.5 Å². The molecule has 0 fully saturated rings. The molecule has 0 saturated carbocycles. The molecule has 0 saturated heterocycles. The number of ether oxygens (including phenoxy) is 2. The molecule has 3 rings (SSSR count). The van der Waals surface area contributed by atoms with Crippen LogP contribution in [0.1, 0.15) is 28.6 Å². The molecule has 1 N–H and O–H groups in total. The van der Waals surface area contributed by atoms with Gasteiger partial charge < -0.3 is 19.2 Å². The van der Waals surface area contributed by atoms with Gasteiger partial charge in [0.15, 0.2) is 6.10 Å². The fraction of sp³-hybridized carbons (Fsp3) is 0.190. The fourth-order valence-electron chi connectivity index (χ4n) is 2.69. The van der Waals surface area contributed by atoms with E-state index in [9.17, 15) is 9.59 Å². The van der Waals surface area contributed by atoms with Crippen molar-refractivity contribution in [2.24, 2.45) is 0 Å². The van der Waals surface area contributed by atoms with Crippen molar-refractivity contribution in [3.63, 3.8) is 0 Å². The second-order valence-electron chi connectivity index (χ2n) is 6.06. The van der Waals surface area contributed by atoms with E-state index in [-0.39, 0.29) is 12.4 Å². The summed E-state index contributed by atoms with van der Waals surface area (Å²) in [5.41, 5.74) is 2.09. The maximum absolute atomic E-state index is 12.6. The number of esters is 1. The summed E-state index contributed by atoms with van der Waals surface area (Å²) in [4.78, 5) is 24.9. The number of carbonyl (C=O) groups is 2. The smallest absolute Gasteiger partial charge is 0.375 e. The van der Waals surface area contributed by atoms with Crippen LogP contribution in [0.25, 0.3) is 11.0 Å². The Morgan fingerprint density at radius 2 is 1.89 bits per heavy atom. The van der Waals surface area contributed by atoms with Crippen LogP contribution in [0.4, 0.5) is 5.69 Å². The summed E-state index contributed by atoms with van der Waals surface area (Å²) >= 11 is 0. The Balaban J connectivity index is 1.73. The number of benzene rings is 2. The standard InChI is InChI=1S/C21H18N2O5/c1-13(20(24)23-15-9-7-14(11-22)8-10-15)27-21(25)19-17(12-26-2)16-5-3-4-6-18(16)28-19/h3-10,13H,12H2,1-2H3,(H,23,24)/t13-/m0/s1. The number of amides is 1. The van der Waals surface area contributed by atoms with Crippen molar-refractivity contribution in [2.45, 2.75) is 19.6 Å². The number of nitrogens with zero attached hydrogens (tertiary/aromatic N) is 1. The number of hydrogen-bond acceptors (Lipinski definition) is 6. The lowest BCUT2D eigenvalue weighted by atomic mass is 10.1. The molecule has 0 aliphatic carbocycles. The minimum atomic E-state index is -1.05. The quantitative estimate of drug-likeness (QED) is 0.657. The van der Waals surface area contributed by atoms with E-state index >= 15 is 0 Å². The van der Waals surface area contributed by atoms with Crippen LogP contribution in [0.2, 0.25) is 0 Å². The molecule has 1 amide bonds. The van der Waals surface area contributed by atoms with E-state index in [2.05, 4.69) is 5.32 Å². The summed E-state index contributed by atoms with van der Waals surface area (Å²) in [6, 6.07) is 15.6. The lowest BCUT2D eigenvalue weighted by Crippen LogP contribution is -2.30. The number of rotatable bonds is 6. The molecular weight excluding hydrogens is 360 g/mol. The van der Waals surface area contributed by atoms with Gasteiger partial charge in [0, 0.05) is 23.7 Å². The normalized spacial score (nSPS) is 11.6. The Morgan fingerprint density at radius 3 is 2.57 bits per heavy atom. The van der Waals surface area contributed by atoms with E-state index in [0.717, 1.165) is 5.39 Å². The van der Waals surface area contributed by atoms with Crippen molar-refractivity contribution >= 4 is 28.5 Å². The average Bonchev–Trinajstić information content (AvgIpc) is 3.07. The van der Waals surface area contributed by atoms with E-state index < -0.39 is 18.0 Å². The van der Waals surface area contributed by atoms with E-state index in [1.165, 1.54) is 14.0 Å². The van der Waals surface area contributed by atoms with Crippen LogP contribution in [-0.2, 0) is 20.9 Å². The first kappa shape index (κ1) is 19.1. The molecule has 2 aromatic carbocycles. The third-order valence-corrected chi connectivity index (χ3v) is 4.11. The van der Waals surface area contributed by atoms with Crippen molar-refractivity contribution in [1.82, 2.24) is 0 Å². The molecule has 0 aliphatic rings. The second kappa shape index (κ2) is 8.37. The largest absolute Gasteiger partial charge is 0.449 e. The number of nitrogens with one attached hydrogen (secondary N) is 1. The molecule has 28 heavy (non-hydrogen) atoms. The van der Waals surface area contributed by atoms with Crippen molar-refractivity contribution in [2.75, 3.05) is 12.4 Å². The van der Waals surface area contributed by atoms with Gasteiger partial charge in [0.2, 0.25) is 5.76 Å². The molecular formula is C21H18N2O5. The Labute approximate surface area is 161 Å². The summed E-state index contributed by atoms with van der Waals surface area (Å²) < 4.78 is 16.1. The lowest BCUT2D eigenvalue weighted by molar-refractivity contribution is -0.123. The molecule has 0 unspecified atom stereocenters. The molecule has 0 radical (unpaired) electrons. The molecule has 1 aromatic heterocycles. The van der Waals surface area contributed by atoms with Gasteiger partial charge in [-0.25, -0.2) is 4.79 Å². The zero-order valence-electron chi connectivity index (χ0n) is 15.4. The minimum absolute atomic E-state index is 0.0149. The molecule has 0 aliphatic heterocycles. The highest BCUT2D eigenvalue weighted by Crippen LogP contribution is 2.27. The zero-order chi connectivity index (χ0) is 20.1. The highest BCUT2D eigenvalue weighted by atomic mass is 16.6. The van der Waals surface area contributed by atoms with Crippen molar-refractivity contribution in [3.05, 3.63) is 65.4 Å². The predicted octanol–water partition coefficient (Wildman–Crippen LogP) is 3.63. The fourth-order valence-corrected chi connectivity index (χ4v) is 2.69. The van der Waals surface area contributed by atoms with Crippen LogP contribution >= 0.6 is 0 Å². The maximum Gasteiger partial charge on any atom is 0.375 e. The third-order valence-electron chi connectivity index (χ3n) is 4.11. The molecule has 142 valence electrons. The third kappa shape index (κ3) is 4.03. The SMILES string of the molecule is COCc1c(C(=O)O[C@@H](C)C(=O)Nc2ccc(C#N)cc2)oc2ccccc12. The first-order valence-electron chi connectivity index (χ1n) is 8.55. The van der Waals surface area contributed by atoms with E-state index in [4.69, 9.17) is 19.2 Å². The summed E-state index contributed by atoms with van der Waals surface area (Å²) in [5, 5.41) is 12.2. The molecule has 1 heterocycles. The van der Waals surface area contributed by atoms with Crippen LogP contribution in [0, 0.1) is 11.3 Å². The van der Waals surface area contributed by atoms with Gasteiger partial charge >= 0.3 is 5.97 Å². The Morgan fingerprint density at radius 1 is 1.18 bits per heavy atom.